The molecule has 23 heavy (non-hydrogen) atoms. The molecule has 114 valence electrons. The van der Waals surface area contributed by atoms with Gasteiger partial charge in [-0.15, -0.1) is 0 Å². The van der Waals surface area contributed by atoms with Crippen molar-refractivity contribution in [2.75, 3.05) is 0 Å². The van der Waals surface area contributed by atoms with Crippen molar-refractivity contribution >= 4 is 23.6 Å². The summed E-state index contributed by atoms with van der Waals surface area (Å²) in [6, 6.07) is 11.1. The maximum absolute atomic E-state index is 12.9. The van der Waals surface area contributed by atoms with E-state index in [1.54, 1.807) is 6.07 Å². The Labute approximate surface area is 129 Å². The molecule has 0 fully saturated rings. The molecule has 0 saturated heterocycles. The number of non-ortho nitro benzene ring substituents is 1. The third kappa shape index (κ3) is 3.13. The van der Waals surface area contributed by atoms with E-state index in [9.17, 15) is 19.3 Å². The molecule has 0 N–H and O–H groups in total. The summed E-state index contributed by atoms with van der Waals surface area (Å²) in [6.45, 7) is 0. The highest BCUT2D eigenvalue weighted by Gasteiger charge is 2.24. The third-order valence-electron chi connectivity index (χ3n) is 3.10. The van der Waals surface area contributed by atoms with Crippen LogP contribution in [0.25, 0.3) is 6.08 Å². The van der Waals surface area contributed by atoms with E-state index in [2.05, 4.69) is 4.99 Å². The Balaban J connectivity index is 1.93. The van der Waals surface area contributed by atoms with Gasteiger partial charge in [-0.3, -0.25) is 10.1 Å². The highest BCUT2D eigenvalue weighted by molar-refractivity contribution is 6.12. The highest BCUT2D eigenvalue weighted by atomic mass is 19.1. The molecule has 0 amide bonds. The molecular weight excluding hydrogens is 303 g/mol. The Morgan fingerprint density at radius 1 is 1.17 bits per heavy atom. The predicted molar refractivity (Wildman–Crippen MR) is 80.1 cm³/mol. The molecule has 0 saturated carbocycles. The van der Waals surface area contributed by atoms with Crippen LogP contribution < -0.4 is 0 Å². The van der Waals surface area contributed by atoms with Gasteiger partial charge in [0.05, 0.1) is 4.92 Å². The quantitative estimate of drug-likeness (QED) is 0.377. The molecule has 0 unspecified atom stereocenters. The topological polar surface area (TPSA) is 81.8 Å². The molecule has 1 aliphatic rings. The number of hydrogen-bond donors (Lipinski definition) is 0. The van der Waals surface area contributed by atoms with E-state index in [4.69, 9.17) is 4.74 Å². The molecule has 0 atom stereocenters. The summed E-state index contributed by atoms with van der Waals surface area (Å²) in [4.78, 5) is 26.1. The second-order valence-corrected chi connectivity index (χ2v) is 4.70. The van der Waals surface area contributed by atoms with Crippen molar-refractivity contribution in [2.24, 2.45) is 4.99 Å². The lowest BCUT2D eigenvalue weighted by atomic mass is 10.1. The fourth-order valence-corrected chi connectivity index (χ4v) is 2.01. The lowest BCUT2D eigenvalue weighted by Crippen LogP contribution is -2.05. The van der Waals surface area contributed by atoms with Crippen LogP contribution in [0.4, 0.5) is 10.1 Å². The number of halogens is 1. The van der Waals surface area contributed by atoms with E-state index in [-0.39, 0.29) is 17.3 Å². The van der Waals surface area contributed by atoms with Crippen molar-refractivity contribution in [3.8, 4) is 0 Å². The molecule has 1 aliphatic heterocycles. The number of benzene rings is 2. The van der Waals surface area contributed by atoms with Gasteiger partial charge in [-0.05, 0) is 35.9 Å². The lowest BCUT2D eigenvalue weighted by molar-refractivity contribution is -0.384. The summed E-state index contributed by atoms with van der Waals surface area (Å²) in [5.74, 6) is -1.02. The van der Waals surface area contributed by atoms with Crippen LogP contribution in [0.3, 0.4) is 0 Å². The van der Waals surface area contributed by atoms with E-state index in [0.717, 1.165) is 0 Å². The van der Waals surface area contributed by atoms with Crippen molar-refractivity contribution in [3.05, 3.63) is 81.3 Å². The molecule has 3 rings (SSSR count). The SMILES string of the molecule is O=C1OC(c2ccc(F)cc2)=NC1=Cc1cccc([N+](=O)[O-])c1. The molecular formula is C16H9FN2O4. The first-order valence-electron chi connectivity index (χ1n) is 6.56. The van der Waals surface area contributed by atoms with Crippen molar-refractivity contribution in [2.45, 2.75) is 0 Å². The van der Waals surface area contributed by atoms with Crippen molar-refractivity contribution in [1.82, 2.24) is 0 Å². The molecule has 1 heterocycles. The number of carbonyl (C=O) groups is 1. The van der Waals surface area contributed by atoms with Crippen LogP contribution in [-0.2, 0) is 9.53 Å². The monoisotopic (exact) mass is 312 g/mol. The van der Waals surface area contributed by atoms with Gasteiger partial charge in [-0.25, -0.2) is 14.2 Å². The summed E-state index contributed by atoms with van der Waals surface area (Å²) < 4.78 is 17.9. The maximum Gasteiger partial charge on any atom is 0.363 e. The first kappa shape index (κ1) is 14.6. The predicted octanol–water partition coefficient (Wildman–Crippen LogP) is 3.08. The zero-order valence-corrected chi connectivity index (χ0v) is 11.6. The van der Waals surface area contributed by atoms with Gasteiger partial charge in [-0.2, -0.15) is 0 Å². The Bertz CT molecular complexity index is 857. The van der Waals surface area contributed by atoms with Gasteiger partial charge in [0.2, 0.25) is 5.90 Å². The molecule has 0 spiro atoms. The number of nitrogens with zero attached hydrogens (tertiary/aromatic N) is 2. The van der Waals surface area contributed by atoms with E-state index in [0.29, 0.717) is 11.1 Å². The second-order valence-electron chi connectivity index (χ2n) is 4.70. The Morgan fingerprint density at radius 3 is 2.61 bits per heavy atom. The Kier molecular flexibility index (Phi) is 3.68. The number of carbonyl (C=O) groups excluding carboxylic acids is 1. The summed E-state index contributed by atoms with van der Waals surface area (Å²) in [5, 5.41) is 10.8. The average Bonchev–Trinajstić information content (AvgIpc) is 2.89. The fraction of sp³-hybridized carbons (Fsp3) is 0. The van der Waals surface area contributed by atoms with E-state index in [1.165, 1.54) is 48.5 Å². The fourth-order valence-electron chi connectivity index (χ4n) is 2.01. The number of cyclic esters (lactones) is 1. The van der Waals surface area contributed by atoms with Crippen LogP contribution in [0.5, 0.6) is 0 Å². The molecule has 2 aromatic carbocycles. The zero-order chi connectivity index (χ0) is 16.4. The maximum atomic E-state index is 12.9. The zero-order valence-electron chi connectivity index (χ0n) is 11.6. The number of hydrogen-bond acceptors (Lipinski definition) is 5. The van der Waals surface area contributed by atoms with Crippen LogP contribution >= 0.6 is 0 Å². The highest BCUT2D eigenvalue weighted by Crippen LogP contribution is 2.21. The minimum Gasteiger partial charge on any atom is -0.402 e. The van der Waals surface area contributed by atoms with E-state index in [1.807, 2.05) is 0 Å². The lowest BCUT2D eigenvalue weighted by Gasteiger charge is -1.98. The molecule has 2 aromatic rings. The number of esters is 1. The van der Waals surface area contributed by atoms with Crippen LogP contribution in [0, 0.1) is 15.9 Å². The summed E-state index contributed by atoms with van der Waals surface area (Å²) >= 11 is 0. The third-order valence-corrected chi connectivity index (χ3v) is 3.10. The van der Waals surface area contributed by atoms with Crippen LogP contribution in [0.15, 0.2) is 59.2 Å². The van der Waals surface area contributed by atoms with Gasteiger partial charge in [0.1, 0.15) is 5.82 Å². The number of rotatable bonds is 3. The van der Waals surface area contributed by atoms with Gasteiger partial charge in [0, 0.05) is 17.7 Å². The van der Waals surface area contributed by atoms with E-state index < -0.39 is 16.7 Å². The number of nitro groups is 1. The molecule has 0 aliphatic carbocycles. The van der Waals surface area contributed by atoms with Gasteiger partial charge in [-0.1, -0.05) is 12.1 Å². The van der Waals surface area contributed by atoms with Crippen molar-refractivity contribution < 1.29 is 18.8 Å². The summed E-state index contributed by atoms with van der Waals surface area (Å²) in [7, 11) is 0. The number of ether oxygens (including phenoxy) is 1. The van der Waals surface area contributed by atoms with Crippen molar-refractivity contribution in [3.63, 3.8) is 0 Å². The molecule has 0 radical (unpaired) electrons. The van der Waals surface area contributed by atoms with Gasteiger partial charge < -0.3 is 4.74 Å². The van der Waals surface area contributed by atoms with Crippen molar-refractivity contribution in [1.29, 1.82) is 0 Å². The van der Waals surface area contributed by atoms with E-state index >= 15 is 0 Å². The summed E-state index contributed by atoms with van der Waals surface area (Å²) in [5.41, 5.74) is 0.843. The standard InChI is InChI=1S/C16H9FN2O4/c17-12-6-4-11(5-7-12)15-18-14(16(20)23-15)9-10-2-1-3-13(8-10)19(21)22/h1-9H. The number of aliphatic imine (C=N–C) groups is 1. The minimum atomic E-state index is -0.671. The normalized spacial score (nSPS) is 15.4. The summed E-state index contributed by atoms with van der Waals surface area (Å²) in [6.07, 6.45) is 1.39. The Morgan fingerprint density at radius 2 is 1.91 bits per heavy atom. The molecule has 7 heteroatoms. The molecule has 6 nitrogen and oxygen atoms in total. The largest absolute Gasteiger partial charge is 0.402 e. The smallest absolute Gasteiger partial charge is 0.363 e. The first-order valence-corrected chi connectivity index (χ1v) is 6.56. The van der Waals surface area contributed by atoms with Crippen LogP contribution in [0.2, 0.25) is 0 Å². The van der Waals surface area contributed by atoms with Gasteiger partial charge >= 0.3 is 5.97 Å². The van der Waals surface area contributed by atoms with Crippen LogP contribution in [-0.4, -0.2) is 16.8 Å². The number of nitro benzene ring substituents is 1. The first-order chi connectivity index (χ1) is 11.0. The molecule has 0 bridgehead atoms. The average molecular weight is 312 g/mol. The Hall–Kier alpha value is -3.35. The van der Waals surface area contributed by atoms with Gasteiger partial charge in [0.15, 0.2) is 5.70 Å². The van der Waals surface area contributed by atoms with Gasteiger partial charge in [0.25, 0.3) is 5.69 Å². The van der Waals surface area contributed by atoms with Crippen LogP contribution in [0.1, 0.15) is 11.1 Å². The molecule has 0 aromatic heterocycles. The minimum absolute atomic E-state index is 0.0184. The second kappa shape index (κ2) is 5.80.